The lowest BCUT2D eigenvalue weighted by Crippen LogP contribution is -2.41. The average molecular weight is 197 g/mol. The molecule has 2 aliphatic heterocycles. The molecule has 0 radical (unpaired) electrons. The highest BCUT2D eigenvalue weighted by Crippen LogP contribution is 2.40. The van der Waals surface area contributed by atoms with Gasteiger partial charge < -0.3 is 5.11 Å². The third-order valence-corrected chi connectivity index (χ3v) is 3.39. The third-order valence-electron chi connectivity index (χ3n) is 3.39. The van der Waals surface area contributed by atoms with E-state index in [0.29, 0.717) is 6.61 Å². The molecule has 0 saturated carbocycles. The molecule has 2 nitrogen and oxygen atoms in total. The summed E-state index contributed by atoms with van der Waals surface area (Å²) in [4.78, 5) is 2.45. The average Bonchev–Trinajstić information content (AvgIpc) is 2.76. The zero-order valence-electron chi connectivity index (χ0n) is 9.71. The third kappa shape index (κ3) is 1.86. The quantitative estimate of drug-likeness (QED) is 0.651. The number of hydrogen-bond donors (Lipinski definition) is 1. The van der Waals surface area contributed by atoms with Crippen LogP contribution >= 0.6 is 0 Å². The van der Waals surface area contributed by atoms with Crippen molar-refractivity contribution in [2.45, 2.75) is 45.6 Å². The summed E-state index contributed by atoms with van der Waals surface area (Å²) in [5.41, 5.74) is 1.64. The second-order valence-electron chi connectivity index (χ2n) is 4.03. The first-order chi connectivity index (χ1) is 6.80. The van der Waals surface area contributed by atoms with Crippen LogP contribution in [-0.4, -0.2) is 35.2 Å². The molecule has 2 fully saturated rings. The molecule has 14 heavy (non-hydrogen) atoms. The van der Waals surface area contributed by atoms with Crippen molar-refractivity contribution in [1.82, 2.24) is 4.90 Å². The monoisotopic (exact) mass is 197 g/mol. The molecular formula is C12H23NO. The lowest BCUT2D eigenvalue weighted by Gasteiger charge is -2.28. The Bertz CT molecular complexity index is 212. The Labute approximate surface area is 87.6 Å². The number of fused-ring (bicyclic) bond motifs is 1. The van der Waals surface area contributed by atoms with Gasteiger partial charge in [-0.15, -0.1) is 0 Å². The molecule has 0 bridgehead atoms. The minimum absolute atomic E-state index is 0.141. The van der Waals surface area contributed by atoms with Crippen LogP contribution in [0.25, 0.3) is 0 Å². The SMILES string of the molecule is C/C=C1\CN2CCCC2(CO)C1.CC. The van der Waals surface area contributed by atoms with Gasteiger partial charge in [0.05, 0.1) is 6.61 Å². The highest BCUT2D eigenvalue weighted by molar-refractivity contribution is 5.19. The number of nitrogens with zero attached hydrogens (tertiary/aromatic N) is 1. The van der Waals surface area contributed by atoms with Gasteiger partial charge in [0.15, 0.2) is 0 Å². The molecule has 1 atom stereocenters. The fourth-order valence-corrected chi connectivity index (χ4v) is 2.59. The van der Waals surface area contributed by atoms with Gasteiger partial charge in [0.25, 0.3) is 0 Å². The predicted octanol–water partition coefficient (Wildman–Crippen LogP) is 2.19. The Hall–Kier alpha value is -0.340. The van der Waals surface area contributed by atoms with Crippen LogP contribution < -0.4 is 0 Å². The maximum absolute atomic E-state index is 9.37. The normalized spacial score (nSPS) is 34.1. The second kappa shape index (κ2) is 4.94. The summed E-state index contributed by atoms with van der Waals surface area (Å²) in [6.07, 6.45) is 5.74. The smallest absolute Gasteiger partial charge is 0.0618 e. The van der Waals surface area contributed by atoms with Gasteiger partial charge in [0.2, 0.25) is 0 Å². The Kier molecular flexibility index (Phi) is 4.14. The van der Waals surface area contributed by atoms with Gasteiger partial charge in [-0.2, -0.15) is 0 Å². The van der Waals surface area contributed by atoms with Crippen molar-refractivity contribution in [2.24, 2.45) is 0 Å². The molecule has 0 aromatic carbocycles. The first-order valence-corrected chi connectivity index (χ1v) is 5.81. The van der Waals surface area contributed by atoms with E-state index in [1.54, 1.807) is 0 Å². The lowest BCUT2D eigenvalue weighted by molar-refractivity contribution is 0.1000. The highest BCUT2D eigenvalue weighted by Gasteiger charge is 2.45. The van der Waals surface area contributed by atoms with E-state index in [1.165, 1.54) is 25.0 Å². The minimum atomic E-state index is 0.141. The van der Waals surface area contributed by atoms with Crippen molar-refractivity contribution in [2.75, 3.05) is 19.7 Å². The van der Waals surface area contributed by atoms with Crippen molar-refractivity contribution >= 4 is 0 Å². The highest BCUT2D eigenvalue weighted by atomic mass is 16.3. The maximum Gasteiger partial charge on any atom is 0.0618 e. The zero-order valence-corrected chi connectivity index (χ0v) is 9.71. The Morgan fingerprint density at radius 2 is 2.21 bits per heavy atom. The van der Waals surface area contributed by atoms with Crippen LogP contribution in [0.3, 0.4) is 0 Å². The van der Waals surface area contributed by atoms with Crippen molar-refractivity contribution in [1.29, 1.82) is 0 Å². The van der Waals surface area contributed by atoms with E-state index >= 15 is 0 Å². The second-order valence-corrected chi connectivity index (χ2v) is 4.03. The summed E-state index contributed by atoms with van der Waals surface area (Å²) in [5, 5.41) is 9.37. The van der Waals surface area contributed by atoms with Gasteiger partial charge in [-0.3, -0.25) is 4.90 Å². The summed E-state index contributed by atoms with van der Waals surface area (Å²) < 4.78 is 0. The molecule has 0 spiro atoms. The van der Waals surface area contributed by atoms with Crippen LogP contribution in [0, 0.1) is 0 Å². The van der Waals surface area contributed by atoms with Crippen molar-refractivity contribution in [3.05, 3.63) is 11.6 Å². The van der Waals surface area contributed by atoms with E-state index in [1.807, 2.05) is 13.8 Å². The fourth-order valence-electron chi connectivity index (χ4n) is 2.59. The molecule has 0 aliphatic carbocycles. The molecule has 2 rings (SSSR count). The van der Waals surface area contributed by atoms with Crippen LogP contribution in [0.5, 0.6) is 0 Å². The molecule has 2 saturated heterocycles. The first-order valence-electron chi connectivity index (χ1n) is 5.81. The Morgan fingerprint density at radius 3 is 2.71 bits per heavy atom. The van der Waals surface area contributed by atoms with Crippen molar-refractivity contribution in [3.63, 3.8) is 0 Å². The van der Waals surface area contributed by atoms with E-state index in [4.69, 9.17) is 0 Å². The molecule has 82 valence electrons. The lowest BCUT2D eigenvalue weighted by atomic mass is 9.93. The summed E-state index contributed by atoms with van der Waals surface area (Å²) in [6, 6.07) is 0. The Morgan fingerprint density at radius 1 is 1.50 bits per heavy atom. The number of hydrogen-bond acceptors (Lipinski definition) is 2. The summed E-state index contributed by atoms with van der Waals surface area (Å²) >= 11 is 0. The van der Waals surface area contributed by atoms with Crippen LogP contribution in [-0.2, 0) is 0 Å². The molecular weight excluding hydrogens is 174 g/mol. The van der Waals surface area contributed by atoms with E-state index in [9.17, 15) is 5.11 Å². The van der Waals surface area contributed by atoms with Gasteiger partial charge in [0.1, 0.15) is 0 Å². The van der Waals surface area contributed by atoms with Gasteiger partial charge >= 0.3 is 0 Å². The van der Waals surface area contributed by atoms with E-state index in [2.05, 4.69) is 17.9 Å². The number of allylic oxidation sites excluding steroid dienone is 1. The predicted molar refractivity (Wildman–Crippen MR) is 60.3 cm³/mol. The van der Waals surface area contributed by atoms with E-state index in [0.717, 1.165) is 13.0 Å². The van der Waals surface area contributed by atoms with Crippen LogP contribution in [0.4, 0.5) is 0 Å². The van der Waals surface area contributed by atoms with E-state index < -0.39 is 0 Å². The zero-order chi connectivity index (χ0) is 10.6. The largest absolute Gasteiger partial charge is 0.394 e. The standard InChI is InChI=1S/C10H17NO.C2H6/c1-2-9-6-10(8-12)4-3-5-11(10)7-9;1-2/h2,12H,3-8H2,1H3;1-2H3/b9-2-;. The van der Waals surface area contributed by atoms with Crippen LogP contribution in [0.1, 0.15) is 40.0 Å². The van der Waals surface area contributed by atoms with Crippen LogP contribution in [0.2, 0.25) is 0 Å². The molecule has 2 heteroatoms. The molecule has 0 aromatic rings. The topological polar surface area (TPSA) is 23.5 Å². The molecule has 2 aliphatic rings. The molecule has 2 heterocycles. The van der Waals surface area contributed by atoms with Crippen molar-refractivity contribution < 1.29 is 5.11 Å². The number of aliphatic hydroxyl groups excluding tert-OH is 1. The minimum Gasteiger partial charge on any atom is -0.394 e. The molecule has 0 amide bonds. The number of aliphatic hydroxyl groups is 1. The number of rotatable bonds is 1. The fraction of sp³-hybridized carbons (Fsp3) is 0.833. The summed E-state index contributed by atoms with van der Waals surface area (Å²) in [7, 11) is 0. The van der Waals surface area contributed by atoms with Crippen molar-refractivity contribution in [3.8, 4) is 0 Å². The summed E-state index contributed by atoms with van der Waals surface area (Å²) in [6.45, 7) is 8.71. The Balaban J connectivity index is 0.000000461. The van der Waals surface area contributed by atoms with Gasteiger partial charge in [-0.05, 0) is 32.7 Å². The molecule has 1 unspecified atom stereocenters. The summed E-state index contributed by atoms with van der Waals surface area (Å²) in [5.74, 6) is 0. The van der Waals surface area contributed by atoms with Gasteiger partial charge in [-0.1, -0.05) is 25.5 Å². The molecule has 1 N–H and O–H groups in total. The molecule has 0 aromatic heterocycles. The maximum atomic E-state index is 9.37. The van der Waals surface area contributed by atoms with Gasteiger partial charge in [-0.25, -0.2) is 0 Å². The van der Waals surface area contributed by atoms with Gasteiger partial charge in [0, 0.05) is 12.1 Å². The van der Waals surface area contributed by atoms with Crippen LogP contribution in [0.15, 0.2) is 11.6 Å². The first kappa shape index (κ1) is 11.7. The van der Waals surface area contributed by atoms with E-state index in [-0.39, 0.29) is 5.54 Å².